The number of rotatable bonds is 3. The molecule has 4 rings (SSSR count). The second kappa shape index (κ2) is 5.78. The molecule has 2 heterocycles. The normalized spacial score (nSPS) is 34.5. The molecular formula is C20H30N2O. The van der Waals surface area contributed by atoms with Gasteiger partial charge in [0.25, 0.3) is 0 Å². The van der Waals surface area contributed by atoms with E-state index < -0.39 is 0 Å². The molecule has 2 bridgehead atoms. The van der Waals surface area contributed by atoms with Crippen LogP contribution in [0.4, 0.5) is 0 Å². The van der Waals surface area contributed by atoms with E-state index in [0.29, 0.717) is 17.7 Å². The third kappa shape index (κ3) is 2.58. The third-order valence-corrected chi connectivity index (χ3v) is 7.01. The van der Waals surface area contributed by atoms with Crippen molar-refractivity contribution in [3.8, 4) is 5.75 Å². The number of fused-ring (bicyclic) bond motifs is 4. The highest BCUT2D eigenvalue weighted by Crippen LogP contribution is 2.49. The van der Waals surface area contributed by atoms with Crippen LogP contribution in [0.25, 0.3) is 0 Å². The predicted molar refractivity (Wildman–Crippen MR) is 94.0 cm³/mol. The van der Waals surface area contributed by atoms with E-state index in [1.807, 2.05) is 12.1 Å². The molecule has 3 aliphatic rings. The zero-order chi connectivity index (χ0) is 16.0. The Labute approximate surface area is 140 Å². The summed E-state index contributed by atoms with van der Waals surface area (Å²) >= 11 is 0. The van der Waals surface area contributed by atoms with Crippen LogP contribution in [-0.4, -0.2) is 53.7 Å². The fourth-order valence-electron chi connectivity index (χ4n) is 5.25. The molecule has 3 heteroatoms. The molecule has 0 unspecified atom stereocenters. The van der Waals surface area contributed by atoms with Gasteiger partial charge in [-0.2, -0.15) is 0 Å². The third-order valence-electron chi connectivity index (χ3n) is 7.01. The van der Waals surface area contributed by atoms with Crippen LogP contribution in [0.15, 0.2) is 18.2 Å². The lowest BCUT2D eigenvalue weighted by molar-refractivity contribution is 0.0264. The number of aromatic hydroxyl groups is 1. The predicted octanol–water partition coefficient (Wildman–Crippen LogP) is 3.01. The van der Waals surface area contributed by atoms with Gasteiger partial charge in [-0.3, -0.25) is 4.90 Å². The van der Waals surface area contributed by atoms with E-state index in [1.165, 1.54) is 63.1 Å². The van der Waals surface area contributed by atoms with Gasteiger partial charge >= 0.3 is 0 Å². The fraction of sp³-hybridized carbons (Fsp3) is 0.700. The highest BCUT2D eigenvalue weighted by Gasteiger charge is 2.48. The smallest absolute Gasteiger partial charge is 0.115 e. The average Bonchev–Trinajstić information content (AvgIpc) is 3.04. The molecular weight excluding hydrogens is 284 g/mol. The molecule has 1 aromatic carbocycles. The average molecular weight is 314 g/mol. The molecule has 2 fully saturated rings. The van der Waals surface area contributed by atoms with Crippen LogP contribution < -0.4 is 0 Å². The maximum atomic E-state index is 9.93. The first-order valence-electron chi connectivity index (χ1n) is 9.37. The summed E-state index contributed by atoms with van der Waals surface area (Å²) in [5.41, 5.74) is 3.08. The molecule has 0 radical (unpaired) electrons. The zero-order valence-corrected chi connectivity index (χ0v) is 14.6. The van der Waals surface area contributed by atoms with Crippen molar-refractivity contribution >= 4 is 0 Å². The van der Waals surface area contributed by atoms with E-state index in [9.17, 15) is 5.11 Å². The minimum absolute atomic E-state index is 0.223. The molecule has 3 nitrogen and oxygen atoms in total. The van der Waals surface area contributed by atoms with Crippen LogP contribution in [0, 0.1) is 5.92 Å². The summed E-state index contributed by atoms with van der Waals surface area (Å²) in [7, 11) is 0. The summed E-state index contributed by atoms with van der Waals surface area (Å²) in [6.45, 7) is 11.1. The van der Waals surface area contributed by atoms with Crippen molar-refractivity contribution in [2.24, 2.45) is 5.92 Å². The van der Waals surface area contributed by atoms with Crippen LogP contribution in [0.1, 0.15) is 44.2 Å². The molecule has 3 atom stereocenters. The molecule has 1 aliphatic carbocycles. The summed E-state index contributed by atoms with van der Waals surface area (Å²) in [4.78, 5) is 5.38. The number of piperidine rings is 1. The molecule has 1 N–H and O–H groups in total. The van der Waals surface area contributed by atoms with Crippen LogP contribution in [-0.2, 0) is 11.8 Å². The first-order valence-corrected chi connectivity index (χ1v) is 9.37. The van der Waals surface area contributed by atoms with Gasteiger partial charge in [0.1, 0.15) is 5.75 Å². The molecule has 0 aromatic heterocycles. The highest BCUT2D eigenvalue weighted by molar-refractivity contribution is 5.44. The van der Waals surface area contributed by atoms with E-state index in [1.54, 1.807) is 0 Å². The molecule has 2 aliphatic heterocycles. The van der Waals surface area contributed by atoms with Crippen LogP contribution >= 0.6 is 0 Å². The van der Waals surface area contributed by atoms with E-state index >= 15 is 0 Å². The van der Waals surface area contributed by atoms with Gasteiger partial charge < -0.3 is 10.0 Å². The van der Waals surface area contributed by atoms with Gasteiger partial charge in [-0.15, -0.1) is 0 Å². The number of hydrogen-bond donors (Lipinski definition) is 1. The highest BCUT2D eigenvalue weighted by atomic mass is 16.3. The maximum Gasteiger partial charge on any atom is 0.115 e. The molecule has 0 saturated carbocycles. The quantitative estimate of drug-likeness (QED) is 0.929. The molecule has 23 heavy (non-hydrogen) atoms. The fourth-order valence-corrected chi connectivity index (χ4v) is 5.25. The van der Waals surface area contributed by atoms with Crippen molar-refractivity contribution in [2.75, 3.05) is 32.7 Å². The standard InChI is InChI=1S/C20H30N2O/c1-15-19-13-16-5-6-17(23)14-18(16)20(15,2)7-10-22(19)12-11-21-8-3-4-9-21/h5-6,14-15,19,23H,3-4,7-13H2,1-2H3/t15-,19+,20+/m1/s1. The second-order valence-corrected chi connectivity index (χ2v) is 8.15. The Morgan fingerprint density at radius 1 is 1.17 bits per heavy atom. The summed E-state index contributed by atoms with van der Waals surface area (Å²) < 4.78 is 0. The van der Waals surface area contributed by atoms with E-state index in [2.05, 4.69) is 29.7 Å². The monoisotopic (exact) mass is 314 g/mol. The Hall–Kier alpha value is -1.06. The lowest BCUT2D eigenvalue weighted by Crippen LogP contribution is -2.58. The molecule has 126 valence electrons. The van der Waals surface area contributed by atoms with Crippen LogP contribution in [0.3, 0.4) is 0 Å². The Balaban J connectivity index is 1.54. The minimum Gasteiger partial charge on any atom is -0.508 e. The summed E-state index contributed by atoms with van der Waals surface area (Å²) in [5.74, 6) is 1.08. The van der Waals surface area contributed by atoms with Gasteiger partial charge in [0.15, 0.2) is 0 Å². The Morgan fingerprint density at radius 3 is 2.74 bits per heavy atom. The summed E-state index contributed by atoms with van der Waals surface area (Å²) in [6.07, 6.45) is 5.12. The largest absolute Gasteiger partial charge is 0.508 e. The molecule has 0 amide bonds. The maximum absolute atomic E-state index is 9.93. The number of likely N-dealkylation sites (tertiary alicyclic amines) is 2. The van der Waals surface area contributed by atoms with E-state index in [4.69, 9.17) is 0 Å². The van der Waals surface area contributed by atoms with Gasteiger partial charge in [0, 0.05) is 19.1 Å². The number of phenols is 1. The number of phenolic OH excluding ortho intramolecular Hbond substituents is 1. The number of benzene rings is 1. The topological polar surface area (TPSA) is 26.7 Å². The Morgan fingerprint density at radius 2 is 1.96 bits per heavy atom. The SMILES string of the molecule is C[C@@H]1[C@@H]2Cc3ccc(O)cc3[C@@]1(C)CCN2CCN1CCCC1. The van der Waals surface area contributed by atoms with Crippen molar-refractivity contribution in [3.63, 3.8) is 0 Å². The molecule has 2 saturated heterocycles. The Bertz CT molecular complexity index is 581. The Kier molecular flexibility index (Phi) is 3.89. The zero-order valence-electron chi connectivity index (χ0n) is 14.6. The summed E-state index contributed by atoms with van der Waals surface area (Å²) in [5, 5.41) is 9.93. The molecule has 0 spiro atoms. The lowest BCUT2D eigenvalue weighted by Gasteiger charge is -2.54. The van der Waals surface area contributed by atoms with Gasteiger partial charge in [-0.1, -0.05) is 19.9 Å². The van der Waals surface area contributed by atoms with Gasteiger partial charge in [-0.05, 0) is 79.9 Å². The van der Waals surface area contributed by atoms with Crippen molar-refractivity contribution in [1.82, 2.24) is 9.80 Å². The van der Waals surface area contributed by atoms with Crippen LogP contribution in [0.2, 0.25) is 0 Å². The van der Waals surface area contributed by atoms with Crippen LogP contribution in [0.5, 0.6) is 5.75 Å². The lowest BCUT2D eigenvalue weighted by atomic mass is 9.59. The van der Waals surface area contributed by atoms with Gasteiger partial charge in [-0.25, -0.2) is 0 Å². The van der Waals surface area contributed by atoms with E-state index in [-0.39, 0.29) is 5.41 Å². The van der Waals surface area contributed by atoms with E-state index in [0.717, 1.165) is 6.42 Å². The number of hydrogen-bond acceptors (Lipinski definition) is 3. The van der Waals surface area contributed by atoms with Gasteiger partial charge in [0.05, 0.1) is 0 Å². The second-order valence-electron chi connectivity index (χ2n) is 8.15. The van der Waals surface area contributed by atoms with Crippen molar-refractivity contribution in [1.29, 1.82) is 0 Å². The molecule has 1 aromatic rings. The van der Waals surface area contributed by atoms with Crippen molar-refractivity contribution in [3.05, 3.63) is 29.3 Å². The first-order chi connectivity index (χ1) is 11.1. The summed E-state index contributed by atoms with van der Waals surface area (Å²) in [6, 6.07) is 6.71. The van der Waals surface area contributed by atoms with Crippen molar-refractivity contribution in [2.45, 2.75) is 51.0 Å². The van der Waals surface area contributed by atoms with Gasteiger partial charge in [0.2, 0.25) is 0 Å². The first kappa shape index (κ1) is 15.5. The van der Waals surface area contributed by atoms with Crippen molar-refractivity contribution < 1.29 is 5.11 Å². The minimum atomic E-state index is 0.223. The number of nitrogens with zero attached hydrogens (tertiary/aromatic N) is 2.